The Kier molecular flexibility index (Phi) is 9.89. The first-order valence-corrected chi connectivity index (χ1v) is 16.4. The fourth-order valence-electron chi connectivity index (χ4n) is 6.48. The van der Waals surface area contributed by atoms with Crippen LogP contribution in [-0.2, 0) is 16.1 Å². The fraction of sp³-hybridized carbons (Fsp3) is 0.368. The number of hydrogen-bond acceptors (Lipinski definition) is 7. The van der Waals surface area contributed by atoms with Crippen LogP contribution in [-0.4, -0.2) is 42.5 Å². The zero-order valence-corrected chi connectivity index (χ0v) is 27.2. The second kappa shape index (κ2) is 14.4. The summed E-state index contributed by atoms with van der Waals surface area (Å²) in [5.41, 5.74) is 1.57. The molecule has 0 saturated heterocycles. The van der Waals surface area contributed by atoms with Crippen molar-refractivity contribution >= 4 is 34.2 Å². The van der Waals surface area contributed by atoms with Gasteiger partial charge in [-0.1, -0.05) is 55.8 Å². The van der Waals surface area contributed by atoms with Crippen LogP contribution < -0.4 is 20.1 Å². The highest BCUT2D eigenvalue weighted by molar-refractivity contribution is 6.10. The molecule has 0 atom stereocenters. The number of nitrogens with one attached hydrogen (secondary N) is 2. The molecule has 48 heavy (non-hydrogen) atoms. The molecule has 6 rings (SSSR count). The molecule has 2 amide bonds. The van der Waals surface area contributed by atoms with E-state index in [9.17, 15) is 14.4 Å². The van der Waals surface area contributed by atoms with Gasteiger partial charge in [0.05, 0.1) is 42.1 Å². The first-order chi connectivity index (χ1) is 23.2. The van der Waals surface area contributed by atoms with Crippen LogP contribution in [0.4, 0.5) is 10.1 Å². The Morgan fingerprint density at radius 1 is 0.938 bits per heavy atom. The molecule has 2 fully saturated rings. The van der Waals surface area contributed by atoms with Crippen LogP contribution in [0.3, 0.4) is 0 Å². The monoisotopic (exact) mass is 653 g/mol. The third-order valence-electron chi connectivity index (χ3n) is 9.60. The molecule has 250 valence electrons. The molecule has 2 aliphatic carbocycles. The number of methoxy groups -OCH3 is 1. The van der Waals surface area contributed by atoms with Crippen LogP contribution in [0.25, 0.3) is 10.8 Å². The van der Waals surface area contributed by atoms with Gasteiger partial charge >= 0.3 is 5.97 Å². The summed E-state index contributed by atoms with van der Waals surface area (Å²) >= 11 is 0. The number of esters is 1. The van der Waals surface area contributed by atoms with E-state index in [1.54, 1.807) is 6.07 Å². The highest BCUT2D eigenvalue weighted by Gasteiger charge is 2.33. The van der Waals surface area contributed by atoms with Gasteiger partial charge < -0.3 is 24.8 Å². The SMILES string of the molecule is COc1cc(F)c(OC2CCC(C(=O)OCc3cccc4ccccc34)CC2)cc1C(=O)Nc1cnccc1C(=O)NCC1(C)CCC1. The van der Waals surface area contributed by atoms with E-state index in [4.69, 9.17) is 14.2 Å². The van der Waals surface area contributed by atoms with Gasteiger partial charge in [0, 0.05) is 18.8 Å². The number of hydrogen-bond donors (Lipinski definition) is 2. The van der Waals surface area contributed by atoms with E-state index in [1.807, 2.05) is 42.5 Å². The van der Waals surface area contributed by atoms with Gasteiger partial charge in [-0.2, -0.15) is 0 Å². The summed E-state index contributed by atoms with van der Waals surface area (Å²) in [5.74, 6) is -2.21. The average molecular weight is 654 g/mol. The van der Waals surface area contributed by atoms with Gasteiger partial charge in [-0.3, -0.25) is 19.4 Å². The molecule has 10 heteroatoms. The minimum atomic E-state index is -0.675. The van der Waals surface area contributed by atoms with E-state index in [1.165, 1.54) is 25.6 Å². The molecule has 0 radical (unpaired) electrons. The van der Waals surface area contributed by atoms with Crippen molar-refractivity contribution in [2.45, 2.75) is 64.6 Å². The maximum atomic E-state index is 15.2. The third-order valence-corrected chi connectivity index (χ3v) is 9.60. The van der Waals surface area contributed by atoms with Crippen molar-refractivity contribution in [3.8, 4) is 11.5 Å². The number of fused-ring (bicyclic) bond motifs is 1. The first kappa shape index (κ1) is 32.9. The molecule has 4 aromatic rings. The summed E-state index contributed by atoms with van der Waals surface area (Å²) < 4.78 is 32.2. The van der Waals surface area contributed by atoms with Gasteiger partial charge in [-0.15, -0.1) is 0 Å². The number of carbonyl (C=O) groups excluding carboxylic acids is 3. The van der Waals surface area contributed by atoms with Gasteiger partial charge in [0.25, 0.3) is 11.8 Å². The summed E-state index contributed by atoms with van der Waals surface area (Å²) in [5, 5.41) is 7.85. The number of carbonyl (C=O) groups is 3. The molecule has 1 heterocycles. The lowest BCUT2D eigenvalue weighted by atomic mass is 9.70. The van der Waals surface area contributed by atoms with Crippen LogP contribution in [0, 0.1) is 17.2 Å². The van der Waals surface area contributed by atoms with Gasteiger partial charge in [0.1, 0.15) is 12.4 Å². The lowest BCUT2D eigenvalue weighted by Gasteiger charge is -2.38. The maximum absolute atomic E-state index is 15.2. The number of benzene rings is 3. The normalized spacial score (nSPS) is 18.3. The van der Waals surface area contributed by atoms with E-state index in [2.05, 4.69) is 22.5 Å². The Hall–Kier alpha value is -4.99. The fourth-order valence-corrected chi connectivity index (χ4v) is 6.48. The second-order valence-corrected chi connectivity index (χ2v) is 13.0. The molecule has 0 bridgehead atoms. The van der Waals surface area contributed by atoms with Crippen molar-refractivity contribution < 1.29 is 33.0 Å². The molecular formula is C38H40FN3O6. The quantitative estimate of drug-likeness (QED) is 0.164. The molecule has 2 saturated carbocycles. The van der Waals surface area contributed by atoms with E-state index in [-0.39, 0.29) is 64.2 Å². The highest BCUT2D eigenvalue weighted by Crippen LogP contribution is 2.39. The van der Waals surface area contributed by atoms with Gasteiger partial charge in [0.15, 0.2) is 11.6 Å². The first-order valence-electron chi connectivity index (χ1n) is 16.4. The van der Waals surface area contributed by atoms with Crippen molar-refractivity contribution in [2.24, 2.45) is 11.3 Å². The zero-order chi connectivity index (χ0) is 33.7. The molecule has 0 spiro atoms. The Labute approximate surface area is 279 Å². The maximum Gasteiger partial charge on any atom is 0.309 e. The topological polar surface area (TPSA) is 116 Å². The molecular weight excluding hydrogens is 613 g/mol. The predicted octanol–water partition coefficient (Wildman–Crippen LogP) is 7.24. The van der Waals surface area contributed by atoms with Gasteiger partial charge in [-0.25, -0.2) is 4.39 Å². The third kappa shape index (κ3) is 7.43. The highest BCUT2D eigenvalue weighted by atomic mass is 19.1. The second-order valence-electron chi connectivity index (χ2n) is 13.0. The summed E-state index contributed by atoms with van der Waals surface area (Å²) in [6.07, 6.45) is 7.92. The minimum absolute atomic E-state index is 0.0165. The van der Waals surface area contributed by atoms with Crippen LogP contribution in [0.5, 0.6) is 11.5 Å². The smallest absolute Gasteiger partial charge is 0.309 e. The number of amides is 2. The zero-order valence-electron chi connectivity index (χ0n) is 27.2. The standard InChI is InChI=1S/C38H40FN3O6/c1-38(16-6-17-38)23-41-35(43)29-15-18-40-21-32(29)42-36(44)30-19-34(31(39)20-33(30)46-2)48-27-13-11-25(12-14-27)37(45)47-22-26-9-5-8-24-7-3-4-10-28(24)26/h3-5,7-10,15,18-21,25,27H,6,11-14,16-17,22-23H2,1-2H3,(H,41,43)(H,42,44). The Balaban J connectivity index is 1.06. The summed E-state index contributed by atoms with van der Waals surface area (Å²) in [6.45, 7) is 2.88. The largest absolute Gasteiger partial charge is 0.496 e. The van der Waals surface area contributed by atoms with E-state index < -0.39 is 11.7 Å². The summed E-state index contributed by atoms with van der Waals surface area (Å²) in [7, 11) is 1.34. The molecule has 1 aromatic heterocycles. The van der Waals surface area contributed by atoms with Crippen molar-refractivity contribution in [1.29, 1.82) is 0 Å². The number of halogens is 1. The molecule has 2 N–H and O–H groups in total. The Morgan fingerprint density at radius 3 is 2.46 bits per heavy atom. The number of ether oxygens (including phenoxy) is 3. The number of nitrogens with zero attached hydrogens (tertiary/aromatic N) is 1. The molecule has 2 aliphatic rings. The molecule has 0 unspecified atom stereocenters. The Bertz CT molecular complexity index is 1810. The van der Waals surface area contributed by atoms with Crippen LogP contribution in [0.15, 0.2) is 73.1 Å². The summed E-state index contributed by atoms with van der Waals surface area (Å²) in [6, 6.07) is 17.9. The number of pyridine rings is 1. The lowest BCUT2D eigenvalue weighted by Crippen LogP contribution is -2.40. The summed E-state index contributed by atoms with van der Waals surface area (Å²) in [4.78, 5) is 43.5. The van der Waals surface area contributed by atoms with Gasteiger partial charge in [-0.05, 0) is 72.4 Å². The predicted molar refractivity (Wildman–Crippen MR) is 180 cm³/mol. The van der Waals surface area contributed by atoms with E-state index in [0.29, 0.717) is 32.2 Å². The van der Waals surface area contributed by atoms with E-state index >= 15 is 4.39 Å². The van der Waals surface area contributed by atoms with Crippen LogP contribution in [0.2, 0.25) is 0 Å². The van der Waals surface area contributed by atoms with Crippen LogP contribution in [0.1, 0.15) is 78.1 Å². The van der Waals surface area contributed by atoms with E-state index in [0.717, 1.165) is 41.7 Å². The average Bonchev–Trinajstić information content (AvgIpc) is 3.09. The lowest BCUT2D eigenvalue weighted by molar-refractivity contribution is -0.151. The van der Waals surface area contributed by atoms with Crippen molar-refractivity contribution in [2.75, 3.05) is 19.0 Å². The van der Waals surface area contributed by atoms with Crippen molar-refractivity contribution in [3.05, 3.63) is 95.6 Å². The number of rotatable bonds is 11. The van der Waals surface area contributed by atoms with Crippen LogP contribution >= 0.6 is 0 Å². The van der Waals surface area contributed by atoms with Crippen molar-refractivity contribution in [3.63, 3.8) is 0 Å². The van der Waals surface area contributed by atoms with Crippen molar-refractivity contribution in [1.82, 2.24) is 10.3 Å². The number of anilines is 1. The molecule has 3 aromatic carbocycles. The number of aromatic nitrogens is 1. The molecule has 0 aliphatic heterocycles. The Morgan fingerprint density at radius 2 is 1.71 bits per heavy atom. The molecule has 9 nitrogen and oxygen atoms in total. The minimum Gasteiger partial charge on any atom is -0.496 e. The van der Waals surface area contributed by atoms with Gasteiger partial charge in [0.2, 0.25) is 0 Å².